The van der Waals surface area contributed by atoms with Gasteiger partial charge in [0.05, 0.1) is 0 Å². The third-order valence-corrected chi connectivity index (χ3v) is 4.47. The van der Waals surface area contributed by atoms with E-state index >= 15 is 0 Å². The van der Waals surface area contributed by atoms with Crippen LogP contribution in [0.3, 0.4) is 0 Å². The fraction of sp³-hybridized carbons (Fsp3) is 0.632. The number of guanidine groups is 1. The smallest absolute Gasteiger partial charge is 0.191 e. The molecule has 0 spiro atoms. The molecule has 23 heavy (non-hydrogen) atoms. The Balaban J connectivity index is 1.62. The van der Waals surface area contributed by atoms with Crippen molar-refractivity contribution in [1.29, 1.82) is 0 Å². The van der Waals surface area contributed by atoms with Crippen LogP contribution in [0.1, 0.15) is 38.2 Å². The Bertz CT molecular complexity index is 450. The van der Waals surface area contributed by atoms with Crippen molar-refractivity contribution in [3.63, 3.8) is 0 Å². The number of hydrogen-bond donors (Lipinski definition) is 2. The standard InChI is InChI=1S/C19H32N4/c1-3-14-23-15-11-18(12-16-23)22-19(20-2)21-13-7-10-17-8-5-4-6-9-17/h4-6,8-9,18H,3,7,10-16H2,1-2H3,(H2,20,21,22). The van der Waals surface area contributed by atoms with Crippen LogP contribution in [0.15, 0.2) is 35.3 Å². The maximum Gasteiger partial charge on any atom is 0.191 e. The minimum absolute atomic E-state index is 0.559. The summed E-state index contributed by atoms with van der Waals surface area (Å²) in [6.07, 6.45) is 5.91. The highest BCUT2D eigenvalue weighted by molar-refractivity contribution is 5.79. The normalized spacial score (nSPS) is 17.2. The maximum atomic E-state index is 4.36. The van der Waals surface area contributed by atoms with Gasteiger partial charge in [0.1, 0.15) is 0 Å². The summed E-state index contributed by atoms with van der Waals surface area (Å²) >= 11 is 0. The minimum atomic E-state index is 0.559. The third-order valence-electron chi connectivity index (χ3n) is 4.47. The van der Waals surface area contributed by atoms with Crippen LogP contribution in [0, 0.1) is 0 Å². The molecule has 0 radical (unpaired) electrons. The van der Waals surface area contributed by atoms with Gasteiger partial charge in [0.15, 0.2) is 5.96 Å². The molecule has 0 saturated carbocycles. The Kier molecular flexibility index (Phi) is 7.95. The zero-order valence-electron chi connectivity index (χ0n) is 14.7. The van der Waals surface area contributed by atoms with E-state index in [0.717, 1.165) is 25.3 Å². The number of aryl methyl sites for hydroxylation is 1. The molecule has 0 aliphatic carbocycles. The first-order valence-electron chi connectivity index (χ1n) is 9.05. The predicted molar refractivity (Wildman–Crippen MR) is 99.0 cm³/mol. The van der Waals surface area contributed by atoms with Gasteiger partial charge < -0.3 is 15.5 Å². The lowest BCUT2D eigenvalue weighted by Gasteiger charge is -2.32. The van der Waals surface area contributed by atoms with Gasteiger partial charge in [0.2, 0.25) is 0 Å². The zero-order valence-corrected chi connectivity index (χ0v) is 14.7. The van der Waals surface area contributed by atoms with Gasteiger partial charge in [-0.2, -0.15) is 0 Å². The van der Waals surface area contributed by atoms with Gasteiger partial charge in [0, 0.05) is 32.7 Å². The molecule has 2 N–H and O–H groups in total. The maximum absolute atomic E-state index is 4.36. The van der Waals surface area contributed by atoms with Crippen LogP contribution in [0.4, 0.5) is 0 Å². The number of hydrogen-bond acceptors (Lipinski definition) is 2. The Labute approximate surface area is 141 Å². The third kappa shape index (κ3) is 6.61. The number of aliphatic imine (C=N–C) groups is 1. The summed E-state index contributed by atoms with van der Waals surface area (Å²) in [5, 5.41) is 7.03. The molecule has 1 fully saturated rings. The predicted octanol–water partition coefficient (Wildman–Crippen LogP) is 2.66. The summed E-state index contributed by atoms with van der Waals surface area (Å²) < 4.78 is 0. The molecule has 1 aliphatic heterocycles. The van der Waals surface area contributed by atoms with E-state index in [0.29, 0.717) is 6.04 Å². The second-order valence-corrected chi connectivity index (χ2v) is 6.35. The average molecular weight is 316 g/mol. The first kappa shape index (κ1) is 17.8. The molecule has 0 unspecified atom stereocenters. The van der Waals surface area contributed by atoms with Crippen molar-refractivity contribution >= 4 is 5.96 Å². The molecule has 128 valence electrons. The molecule has 4 heteroatoms. The number of benzene rings is 1. The van der Waals surface area contributed by atoms with Crippen LogP contribution >= 0.6 is 0 Å². The van der Waals surface area contributed by atoms with Crippen LogP contribution in [-0.2, 0) is 6.42 Å². The van der Waals surface area contributed by atoms with E-state index in [2.05, 4.69) is 57.8 Å². The van der Waals surface area contributed by atoms with Crippen molar-refractivity contribution in [2.45, 2.75) is 45.1 Å². The first-order chi connectivity index (χ1) is 11.3. The molecule has 1 heterocycles. The van der Waals surface area contributed by atoms with Gasteiger partial charge in [-0.15, -0.1) is 0 Å². The van der Waals surface area contributed by atoms with Crippen molar-refractivity contribution in [2.24, 2.45) is 4.99 Å². The minimum Gasteiger partial charge on any atom is -0.356 e. The number of piperidine rings is 1. The van der Waals surface area contributed by atoms with E-state index in [1.54, 1.807) is 0 Å². The first-order valence-corrected chi connectivity index (χ1v) is 9.05. The summed E-state index contributed by atoms with van der Waals surface area (Å²) in [4.78, 5) is 6.93. The summed E-state index contributed by atoms with van der Waals surface area (Å²) in [5.41, 5.74) is 1.40. The van der Waals surface area contributed by atoms with Crippen molar-refractivity contribution in [3.05, 3.63) is 35.9 Å². The molecule has 1 aromatic rings. The lowest BCUT2D eigenvalue weighted by atomic mass is 10.1. The molecule has 0 amide bonds. The molecule has 1 aliphatic rings. The van der Waals surface area contributed by atoms with Crippen LogP contribution < -0.4 is 10.6 Å². The van der Waals surface area contributed by atoms with E-state index in [-0.39, 0.29) is 0 Å². The molecular formula is C19H32N4. The summed E-state index contributed by atoms with van der Waals surface area (Å²) in [6, 6.07) is 11.2. The van der Waals surface area contributed by atoms with Crippen molar-refractivity contribution in [2.75, 3.05) is 33.2 Å². The van der Waals surface area contributed by atoms with E-state index in [1.807, 2.05) is 7.05 Å². The van der Waals surface area contributed by atoms with Gasteiger partial charge >= 0.3 is 0 Å². The SMILES string of the molecule is CCCN1CCC(NC(=NC)NCCCc2ccccc2)CC1. The Hall–Kier alpha value is -1.55. The summed E-state index contributed by atoms with van der Waals surface area (Å²) in [5.74, 6) is 0.951. The molecule has 0 atom stereocenters. The fourth-order valence-corrected chi connectivity index (χ4v) is 3.15. The number of rotatable bonds is 7. The Morgan fingerprint density at radius 1 is 1.22 bits per heavy atom. The number of nitrogens with zero attached hydrogens (tertiary/aromatic N) is 2. The number of nitrogens with one attached hydrogen (secondary N) is 2. The van der Waals surface area contributed by atoms with Gasteiger partial charge in [-0.1, -0.05) is 37.3 Å². The largest absolute Gasteiger partial charge is 0.356 e. The second kappa shape index (κ2) is 10.3. The highest BCUT2D eigenvalue weighted by Gasteiger charge is 2.19. The molecule has 4 nitrogen and oxygen atoms in total. The van der Waals surface area contributed by atoms with Crippen molar-refractivity contribution < 1.29 is 0 Å². The summed E-state index contributed by atoms with van der Waals surface area (Å²) in [6.45, 7) is 6.86. The molecule has 0 aromatic heterocycles. The zero-order chi connectivity index (χ0) is 16.3. The van der Waals surface area contributed by atoms with Gasteiger partial charge in [-0.25, -0.2) is 0 Å². The fourth-order valence-electron chi connectivity index (χ4n) is 3.15. The lowest BCUT2D eigenvalue weighted by Crippen LogP contribution is -2.48. The van der Waals surface area contributed by atoms with E-state index in [9.17, 15) is 0 Å². The molecule has 2 rings (SSSR count). The molecule has 1 aromatic carbocycles. The molecular weight excluding hydrogens is 284 g/mol. The van der Waals surface area contributed by atoms with Crippen LogP contribution in [0.2, 0.25) is 0 Å². The topological polar surface area (TPSA) is 39.7 Å². The van der Waals surface area contributed by atoms with E-state index < -0.39 is 0 Å². The van der Waals surface area contributed by atoms with Crippen LogP contribution in [0.5, 0.6) is 0 Å². The van der Waals surface area contributed by atoms with Gasteiger partial charge in [-0.3, -0.25) is 4.99 Å². The quantitative estimate of drug-likeness (QED) is 0.461. The lowest BCUT2D eigenvalue weighted by molar-refractivity contribution is 0.206. The highest BCUT2D eigenvalue weighted by atomic mass is 15.2. The van der Waals surface area contributed by atoms with Gasteiger partial charge in [-0.05, 0) is 44.2 Å². The Morgan fingerprint density at radius 3 is 2.61 bits per heavy atom. The highest BCUT2D eigenvalue weighted by Crippen LogP contribution is 2.10. The Morgan fingerprint density at radius 2 is 1.96 bits per heavy atom. The van der Waals surface area contributed by atoms with E-state index in [1.165, 1.54) is 44.5 Å². The van der Waals surface area contributed by atoms with Crippen molar-refractivity contribution in [1.82, 2.24) is 15.5 Å². The average Bonchev–Trinajstić information content (AvgIpc) is 2.60. The van der Waals surface area contributed by atoms with Crippen molar-refractivity contribution in [3.8, 4) is 0 Å². The molecule has 1 saturated heterocycles. The van der Waals surface area contributed by atoms with Crippen LogP contribution in [-0.4, -0.2) is 50.1 Å². The van der Waals surface area contributed by atoms with E-state index in [4.69, 9.17) is 0 Å². The second-order valence-electron chi connectivity index (χ2n) is 6.35. The van der Waals surface area contributed by atoms with Crippen LogP contribution in [0.25, 0.3) is 0 Å². The molecule has 0 bridgehead atoms. The van der Waals surface area contributed by atoms with Gasteiger partial charge in [0.25, 0.3) is 0 Å². The monoisotopic (exact) mass is 316 g/mol. The number of likely N-dealkylation sites (tertiary alicyclic amines) is 1. The summed E-state index contributed by atoms with van der Waals surface area (Å²) in [7, 11) is 1.86.